The number of aromatic hydroxyl groups is 2. The Kier molecular flexibility index (Phi) is 2.40. The van der Waals surface area contributed by atoms with Crippen molar-refractivity contribution in [3.05, 3.63) is 23.5 Å². The average Bonchev–Trinajstić information content (AvgIpc) is 2.20. The molecule has 0 aromatic heterocycles. The largest absolute Gasteiger partial charge is 0.504 e. The van der Waals surface area contributed by atoms with Gasteiger partial charge in [0.2, 0.25) is 6.08 Å². The van der Waals surface area contributed by atoms with Crippen molar-refractivity contribution in [2.45, 2.75) is 24.8 Å². The number of carbonyl (C=O) groups excluding carboxylic acids is 1. The number of benzene rings is 1. The second kappa shape index (κ2) is 3.61. The molecule has 0 aliphatic heterocycles. The first-order chi connectivity index (χ1) is 7.60. The molecule has 0 saturated heterocycles. The Morgan fingerprint density at radius 2 is 2.06 bits per heavy atom. The third-order valence-corrected chi connectivity index (χ3v) is 3.01. The lowest BCUT2D eigenvalue weighted by Gasteiger charge is -2.37. The van der Waals surface area contributed by atoms with Crippen LogP contribution in [0.1, 0.15) is 24.8 Å². The number of halogens is 1. The van der Waals surface area contributed by atoms with Crippen molar-refractivity contribution in [1.29, 1.82) is 0 Å². The molecule has 84 valence electrons. The van der Waals surface area contributed by atoms with E-state index in [9.17, 15) is 19.4 Å². The zero-order valence-corrected chi connectivity index (χ0v) is 8.40. The van der Waals surface area contributed by atoms with E-state index in [0.29, 0.717) is 12.8 Å². The maximum atomic E-state index is 13.6. The van der Waals surface area contributed by atoms with Crippen LogP contribution in [0.5, 0.6) is 11.5 Å². The molecule has 1 saturated carbocycles. The summed E-state index contributed by atoms with van der Waals surface area (Å²) in [5.74, 6) is -1.63. The third kappa shape index (κ3) is 1.37. The summed E-state index contributed by atoms with van der Waals surface area (Å²) in [5, 5.41) is 18.9. The van der Waals surface area contributed by atoms with E-state index in [1.165, 1.54) is 6.08 Å². The summed E-state index contributed by atoms with van der Waals surface area (Å²) in [4.78, 5) is 13.9. The van der Waals surface area contributed by atoms with Crippen LogP contribution in [-0.2, 0) is 10.3 Å². The fourth-order valence-corrected chi connectivity index (χ4v) is 2.01. The zero-order chi connectivity index (χ0) is 11.8. The SMILES string of the molecule is O=C=NC1(c2c(F)ccc(O)c2O)CCC1. The number of rotatable bonds is 2. The lowest BCUT2D eigenvalue weighted by atomic mass is 9.71. The van der Waals surface area contributed by atoms with E-state index in [0.717, 1.165) is 18.6 Å². The van der Waals surface area contributed by atoms with Crippen LogP contribution >= 0.6 is 0 Å². The minimum absolute atomic E-state index is 0.109. The smallest absolute Gasteiger partial charge is 0.235 e. The van der Waals surface area contributed by atoms with E-state index >= 15 is 0 Å². The molecule has 1 aromatic rings. The van der Waals surface area contributed by atoms with Crippen LogP contribution < -0.4 is 0 Å². The Labute approximate surface area is 91.1 Å². The quantitative estimate of drug-likeness (QED) is 0.457. The molecule has 0 spiro atoms. The number of phenolic OH excluding ortho intramolecular Hbond substituents is 2. The van der Waals surface area contributed by atoms with E-state index in [1.54, 1.807) is 0 Å². The fourth-order valence-electron chi connectivity index (χ4n) is 2.01. The monoisotopic (exact) mass is 223 g/mol. The Hall–Kier alpha value is -1.87. The summed E-state index contributed by atoms with van der Waals surface area (Å²) in [6.45, 7) is 0. The first kappa shape index (κ1) is 10.6. The molecule has 16 heavy (non-hydrogen) atoms. The van der Waals surface area contributed by atoms with Crippen molar-refractivity contribution < 1.29 is 19.4 Å². The van der Waals surface area contributed by atoms with Crippen LogP contribution in [0.2, 0.25) is 0 Å². The van der Waals surface area contributed by atoms with Gasteiger partial charge in [0.25, 0.3) is 0 Å². The molecule has 0 atom stereocenters. The molecule has 1 fully saturated rings. The number of hydrogen-bond donors (Lipinski definition) is 2. The van der Waals surface area contributed by atoms with Gasteiger partial charge in [0.1, 0.15) is 11.4 Å². The highest BCUT2D eigenvalue weighted by Crippen LogP contribution is 2.50. The Morgan fingerprint density at radius 1 is 1.38 bits per heavy atom. The van der Waals surface area contributed by atoms with Gasteiger partial charge in [0.15, 0.2) is 11.5 Å². The highest BCUT2D eigenvalue weighted by molar-refractivity contribution is 5.51. The van der Waals surface area contributed by atoms with Gasteiger partial charge in [-0.2, -0.15) is 4.99 Å². The van der Waals surface area contributed by atoms with Crippen molar-refractivity contribution in [3.8, 4) is 11.5 Å². The summed E-state index contributed by atoms with van der Waals surface area (Å²) < 4.78 is 13.6. The summed E-state index contributed by atoms with van der Waals surface area (Å²) in [6, 6.07) is 2.11. The Balaban J connectivity index is 2.62. The fraction of sp³-hybridized carbons (Fsp3) is 0.364. The van der Waals surface area contributed by atoms with E-state index in [4.69, 9.17) is 0 Å². The lowest BCUT2D eigenvalue weighted by molar-refractivity contribution is 0.236. The van der Waals surface area contributed by atoms with Gasteiger partial charge >= 0.3 is 0 Å². The lowest BCUT2D eigenvalue weighted by Crippen LogP contribution is -2.33. The predicted octanol–water partition coefficient (Wildman–Crippen LogP) is 1.95. The summed E-state index contributed by atoms with van der Waals surface area (Å²) >= 11 is 0. The molecule has 5 heteroatoms. The second-order valence-corrected chi connectivity index (χ2v) is 3.88. The van der Waals surface area contributed by atoms with Gasteiger partial charge in [-0.05, 0) is 31.4 Å². The van der Waals surface area contributed by atoms with Crippen LogP contribution in [0, 0.1) is 5.82 Å². The highest BCUT2D eigenvalue weighted by Gasteiger charge is 2.43. The second-order valence-electron chi connectivity index (χ2n) is 3.88. The normalized spacial score (nSPS) is 17.3. The first-order valence-corrected chi connectivity index (χ1v) is 4.91. The van der Waals surface area contributed by atoms with Gasteiger partial charge in [-0.1, -0.05) is 0 Å². The van der Waals surface area contributed by atoms with Gasteiger partial charge in [-0.15, -0.1) is 0 Å². The van der Waals surface area contributed by atoms with Crippen LogP contribution in [0.3, 0.4) is 0 Å². The topological polar surface area (TPSA) is 69.9 Å². The van der Waals surface area contributed by atoms with Gasteiger partial charge in [-0.3, -0.25) is 0 Å². The molecule has 4 nitrogen and oxygen atoms in total. The van der Waals surface area contributed by atoms with Crippen molar-refractivity contribution in [1.82, 2.24) is 0 Å². The molecule has 0 heterocycles. The number of hydrogen-bond acceptors (Lipinski definition) is 4. The molecule has 1 aliphatic carbocycles. The molecule has 0 radical (unpaired) electrons. The Morgan fingerprint density at radius 3 is 2.56 bits per heavy atom. The van der Waals surface area contributed by atoms with Crippen LogP contribution in [0.4, 0.5) is 4.39 Å². The standard InChI is InChI=1S/C11H10FNO3/c12-7-2-3-8(15)10(16)9(7)11(13-6-14)4-1-5-11/h2-3,15-16H,1,4-5H2. The number of phenols is 2. The number of aliphatic imine (C=N–C) groups is 1. The molecule has 1 aromatic carbocycles. The van der Waals surface area contributed by atoms with Gasteiger partial charge in [0.05, 0.1) is 5.56 Å². The first-order valence-electron chi connectivity index (χ1n) is 4.91. The number of nitrogens with zero attached hydrogens (tertiary/aromatic N) is 1. The molecule has 2 rings (SSSR count). The van der Waals surface area contributed by atoms with Crippen molar-refractivity contribution in [2.75, 3.05) is 0 Å². The maximum Gasteiger partial charge on any atom is 0.235 e. The summed E-state index contributed by atoms with van der Waals surface area (Å²) in [7, 11) is 0. The molecule has 2 N–H and O–H groups in total. The zero-order valence-electron chi connectivity index (χ0n) is 8.40. The van der Waals surface area contributed by atoms with Gasteiger partial charge < -0.3 is 10.2 Å². The van der Waals surface area contributed by atoms with E-state index in [2.05, 4.69) is 4.99 Å². The van der Waals surface area contributed by atoms with Crippen LogP contribution in [-0.4, -0.2) is 16.3 Å². The minimum atomic E-state index is -1.05. The number of isocyanates is 1. The van der Waals surface area contributed by atoms with Gasteiger partial charge in [-0.25, -0.2) is 9.18 Å². The van der Waals surface area contributed by atoms with E-state index < -0.39 is 22.9 Å². The highest BCUT2D eigenvalue weighted by atomic mass is 19.1. The van der Waals surface area contributed by atoms with Gasteiger partial charge in [0, 0.05) is 0 Å². The maximum absolute atomic E-state index is 13.6. The molecular formula is C11H10FNO3. The Bertz CT molecular complexity index is 476. The van der Waals surface area contributed by atoms with Crippen LogP contribution in [0.25, 0.3) is 0 Å². The average molecular weight is 223 g/mol. The van der Waals surface area contributed by atoms with E-state index in [1.807, 2.05) is 0 Å². The minimum Gasteiger partial charge on any atom is -0.504 e. The molecule has 0 bridgehead atoms. The molecular weight excluding hydrogens is 213 g/mol. The summed E-state index contributed by atoms with van der Waals surface area (Å²) in [6.07, 6.45) is 3.13. The van der Waals surface area contributed by atoms with Crippen LogP contribution in [0.15, 0.2) is 17.1 Å². The molecule has 0 amide bonds. The van der Waals surface area contributed by atoms with E-state index in [-0.39, 0.29) is 5.56 Å². The predicted molar refractivity (Wildman–Crippen MR) is 53.4 cm³/mol. The van der Waals surface area contributed by atoms with Crippen molar-refractivity contribution in [2.24, 2.45) is 4.99 Å². The summed E-state index contributed by atoms with van der Waals surface area (Å²) in [5.41, 5.74) is -1.16. The third-order valence-electron chi connectivity index (χ3n) is 3.01. The van der Waals surface area contributed by atoms with Crippen molar-refractivity contribution in [3.63, 3.8) is 0 Å². The van der Waals surface area contributed by atoms with Crippen molar-refractivity contribution >= 4 is 6.08 Å². The molecule has 0 unspecified atom stereocenters. The molecule has 1 aliphatic rings.